The van der Waals surface area contributed by atoms with Gasteiger partial charge in [0.05, 0.1) is 22.3 Å². The Hall–Kier alpha value is -0.870. The number of hydrogen-bond acceptors (Lipinski definition) is 4. The molecule has 0 amide bonds. The Morgan fingerprint density at radius 2 is 2.08 bits per heavy atom. The smallest absolute Gasteiger partial charge is 0.191 e. The van der Waals surface area contributed by atoms with Gasteiger partial charge in [-0.05, 0) is 47.5 Å². The number of nitrogens with zero attached hydrogens (tertiary/aromatic N) is 2. The van der Waals surface area contributed by atoms with E-state index in [0.717, 1.165) is 45.4 Å². The number of hydrogen-bond donors (Lipinski definition) is 2. The summed E-state index contributed by atoms with van der Waals surface area (Å²) in [6, 6.07) is 6.02. The van der Waals surface area contributed by atoms with Gasteiger partial charge in [-0.1, -0.05) is 6.07 Å². The molecule has 0 unspecified atom stereocenters. The third-order valence-corrected chi connectivity index (χ3v) is 5.36. The number of aromatic nitrogens is 1. The van der Waals surface area contributed by atoms with Gasteiger partial charge >= 0.3 is 0 Å². The highest BCUT2D eigenvalue weighted by atomic mass is 127. The SMILES string of the molecule is CN=C(NCCc1nc(C)c(C)s1)NCc1ccc(OC)c(Br)c1.I. The van der Waals surface area contributed by atoms with E-state index in [1.807, 2.05) is 18.2 Å². The molecular weight excluding hydrogens is 515 g/mol. The van der Waals surface area contributed by atoms with Crippen LogP contribution in [0.15, 0.2) is 27.7 Å². The van der Waals surface area contributed by atoms with Gasteiger partial charge in [-0.25, -0.2) is 4.98 Å². The highest BCUT2D eigenvalue weighted by Gasteiger charge is 2.05. The lowest BCUT2D eigenvalue weighted by atomic mass is 10.2. The van der Waals surface area contributed by atoms with Crippen LogP contribution in [0.5, 0.6) is 5.75 Å². The van der Waals surface area contributed by atoms with Crippen molar-refractivity contribution >= 4 is 57.2 Å². The first-order valence-electron chi connectivity index (χ1n) is 7.73. The molecule has 0 atom stereocenters. The van der Waals surface area contributed by atoms with E-state index in [9.17, 15) is 0 Å². The van der Waals surface area contributed by atoms with Gasteiger partial charge in [0.2, 0.25) is 0 Å². The summed E-state index contributed by atoms with van der Waals surface area (Å²) in [5, 5.41) is 7.80. The number of benzene rings is 1. The van der Waals surface area contributed by atoms with E-state index >= 15 is 0 Å². The Kier molecular flexibility index (Phi) is 9.73. The van der Waals surface area contributed by atoms with E-state index in [2.05, 4.69) is 50.4 Å². The quantitative estimate of drug-likeness (QED) is 0.331. The summed E-state index contributed by atoms with van der Waals surface area (Å²) >= 11 is 5.26. The first-order valence-corrected chi connectivity index (χ1v) is 9.34. The highest BCUT2D eigenvalue weighted by Crippen LogP contribution is 2.25. The zero-order valence-corrected chi connectivity index (χ0v) is 19.6. The second-order valence-corrected chi connectivity index (χ2v) is 7.46. The van der Waals surface area contributed by atoms with Crippen molar-refractivity contribution in [1.82, 2.24) is 15.6 Å². The summed E-state index contributed by atoms with van der Waals surface area (Å²) < 4.78 is 6.19. The predicted octanol–water partition coefficient (Wildman–Crippen LogP) is 4.06. The molecule has 0 fully saturated rings. The summed E-state index contributed by atoms with van der Waals surface area (Å²) in [5.74, 6) is 1.61. The predicted molar refractivity (Wildman–Crippen MR) is 120 cm³/mol. The molecular formula is C17H24BrIN4OS. The van der Waals surface area contributed by atoms with E-state index in [4.69, 9.17) is 4.74 Å². The van der Waals surface area contributed by atoms with Gasteiger partial charge in [-0.3, -0.25) is 4.99 Å². The van der Waals surface area contributed by atoms with Crippen molar-refractivity contribution in [3.63, 3.8) is 0 Å². The van der Waals surface area contributed by atoms with Crippen LogP contribution in [-0.4, -0.2) is 31.6 Å². The Morgan fingerprint density at radius 3 is 2.64 bits per heavy atom. The van der Waals surface area contributed by atoms with Crippen LogP contribution in [0.1, 0.15) is 21.1 Å². The molecule has 1 aromatic carbocycles. The van der Waals surface area contributed by atoms with E-state index in [0.29, 0.717) is 6.54 Å². The van der Waals surface area contributed by atoms with Gasteiger partial charge in [0.1, 0.15) is 5.75 Å². The average molecular weight is 539 g/mol. The molecule has 0 aliphatic carbocycles. The maximum atomic E-state index is 5.24. The fourth-order valence-electron chi connectivity index (χ4n) is 2.16. The van der Waals surface area contributed by atoms with Crippen LogP contribution < -0.4 is 15.4 Å². The van der Waals surface area contributed by atoms with Gasteiger partial charge in [-0.2, -0.15) is 0 Å². The lowest BCUT2D eigenvalue weighted by molar-refractivity contribution is 0.412. The van der Waals surface area contributed by atoms with Gasteiger partial charge in [0, 0.05) is 31.4 Å². The van der Waals surface area contributed by atoms with Crippen LogP contribution in [-0.2, 0) is 13.0 Å². The topological polar surface area (TPSA) is 58.5 Å². The fourth-order valence-corrected chi connectivity index (χ4v) is 3.68. The molecule has 1 heterocycles. The maximum absolute atomic E-state index is 5.24. The average Bonchev–Trinajstić information content (AvgIpc) is 2.89. The summed E-state index contributed by atoms with van der Waals surface area (Å²) in [7, 11) is 3.44. The van der Waals surface area contributed by atoms with E-state index < -0.39 is 0 Å². The molecule has 5 nitrogen and oxygen atoms in total. The van der Waals surface area contributed by atoms with Crippen molar-refractivity contribution in [1.29, 1.82) is 0 Å². The number of aliphatic imine (C=N–C) groups is 1. The van der Waals surface area contributed by atoms with Crippen LogP contribution in [0, 0.1) is 13.8 Å². The minimum absolute atomic E-state index is 0. The van der Waals surface area contributed by atoms with Gasteiger partial charge in [0.25, 0.3) is 0 Å². The molecule has 0 aliphatic heterocycles. The monoisotopic (exact) mass is 538 g/mol. The number of ether oxygens (including phenoxy) is 1. The van der Waals surface area contributed by atoms with E-state index in [1.165, 1.54) is 4.88 Å². The summed E-state index contributed by atoms with van der Waals surface area (Å²) in [4.78, 5) is 10.1. The van der Waals surface area contributed by atoms with Crippen LogP contribution in [0.2, 0.25) is 0 Å². The first kappa shape index (κ1) is 22.2. The molecule has 2 rings (SSSR count). The normalized spacial score (nSPS) is 11.0. The van der Waals surface area contributed by atoms with Crippen molar-refractivity contribution in [2.45, 2.75) is 26.8 Å². The van der Waals surface area contributed by atoms with Gasteiger partial charge < -0.3 is 15.4 Å². The lowest BCUT2D eigenvalue weighted by Gasteiger charge is -2.12. The Balaban J connectivity index is 0.00000312. The summed E-state index contributed by atoms with van der Waals surface area (Å²) in [6.45, 7) is 5.66. The molecule has 0 radical (unpaired) electrons. The summed E-state index contributed by atoms with van der Waals surface area (Å²) in [5.41, 5.74) is 2.28. The third-order valence-electron chi connectivity index (χ3n) is 3.60. The fraction of sp³-hybridized carbons (Fsp3) is 0.412. The Labute approximate surface area is 178 Å². The molecule has 0 saturated heterocycles. The lowest BCUT2D eigenvalue weighted by Crippen LogP contribution is -2.37. The molecule has 0 aliphatic rings. The second-order valence-electron chi connectivity index (χ2n) is 5.32. The molecule has 1 aromatic heterocycles. The zero-order chi connectivity index (χ0) is 17.5. The third kappa shape index (κ3) is 6.74. The number of nitrogens with one attached hydrogen (secondary N) is 2. The largest absolute Gasteiger partial charge is 0.496 e. The number of rotatable bonds is 6. The molecule has 138 valence electrons. The zero-order valence-electron chi connectivity index (χ0n) is 14.9. The van der Waals surface area contributed by atoms with E-state index in [-0.39, 0.29) is 24.0 Å². The Morgan fingerprint density at radius 1 is 1.32 bits per heavy atom. The Bertz CT molecular complexity index is 701. The molecule has 0 saturated carbocycles. The first-order chi connectivity index (χ1) is 11.5. The second kappa shape index (κ2) is 11.0. The number of halogens is 2. The van der Waals surface area contributed by atoms with Crippen LogP contribution in [0.25, 0.3) is 0 Å². The van der Waals surface area contributed by atoms with Crippen LogP contribution in [0.3, 0.4) is 0 Å². The number of methoxy groups -OCH3 is 1. The molecule has 2 aromatic rings. The van der Waals surface area contributed by atoms with Crippen LogP contribution >= 0.6 is 51.2 Å². The minimum atomic E-state index is 0. The van der Waals surface area contributed by atoms with Crippen molar-refractivity contribution in [3.05, 3.63) is 43.8 Å². The molecule has 25 heavy (non-hydrogen) atoms. The maximum Gasteiger partial charge on any atom is 0.191 e. The van der Waals surface area contributed by atoms with E-state index in [1.54, 1.807) is 25.5 Å². The number of guanidine groups is 1. The molecule has 0 bridgehead atoms. The van der Waals surface area contributed by atoms with Gasteiger partial charge in [-0.15, -0.1) is 35.3 Å². The van der Waals surface area contributed by atoms with Crippen molar-refractivity contribution < 1.29 is 4.74 Å². The van der Waals surface area contributed by atoms with Crippen molar-refractivity contribution in [2.24, 2.45) is 4.99 Å². The van der Waals surface area contributed by atoms with Crippen LogP contribution in [0.4, 0.5) is 0 Å². The molecule has 0 spiro atoms. The molecule has 8 heteroatoms. The number of thiazole rings is 1. The molecule has 2 N–H and O–H groups in total. The van der Waals surface area contributed by atoms with Crippen molar-refractivity contribution in [3.8, 4) is 5.75 Å². The minimum Gasteiger partial charge on any atom is -0.496 e. The number of aryl methyl sites for hydroxylation is 2. The van der Waals surface area contributed by atoms with Crippen molar-refractivity contribution in [2.75, 3.05) is 20.7 Å². The highest BCUT2D eigenvalue weighted by molar-refractivity contribution is 14.0. The standard InChI is InChI=1S/C17H23BrN4OS.HI/c1-11-12(2)24-16(22-11)7-8-20-17(19-3)21-10-13-5-6-15(23-4)14(18)9-13;/h5-6,9H,7-8,10H2,1-4H3,(H2,19,20,21);1H. The van der Waals surface area contributed by atoms with Gasteiger partial charge in [0.15, 0.2) is 5.96 Å². The summed E-state index contributed by atoms with van der Waals surface area (Å²) in [6.07, 6.45) is 0.897.